The maximum Gasteiger partial charge on any atom is 0.324 e. The molecular weight excluding hydrogens is 240 g/mol. The molecule has 0 bridgehead atoms. The first-order chi connectivity index (χ1) is 8.29. The second-order valence-corrected chi connectivity index (χ2v) is 4.83. The van der Waals surface area contributed by atoms with Gasteiger partial charge in [-0.1, -0.05) is 11.8 Å². The van der Waals surface area contributed by atoms with Crippen LogP contribution in [0.4, 0.5) is 0 Å². The van der Waals surface area contributed by atoms with Crippen LogP contribution >= 0.6 is 11.8 Å². The molecule has 0 aromatic carbocycles. The van der Waals surface area contributed by atoms with Crippen LogP contribution in [-0.2, 0) is 9.53 Å². The van der Waals surface area contributed by atoms with Gasteiger partial charge in [0.1, 0.15) is 12.3 Å². The molecule has 0 amide bonds. The first-order valence-corrected chi connectivity index (χ1v) is 6.73. The van der Waals surface area contributed by atoms with Gasteiger partial charge in [0.2, 0.25) is 0 Å². The van der Waals surface area contributed by atoms with Crippen molar-refractivity contribution >= 4 is 17.7 Å². The van der Waals surface area contributed by atoms with Crippen molar-refractivity contribution in [3.05, 3.63) is 12.5 Å². The van der Waals surface area contributed by atoms with Gasteiger partial charge in [-0.3, -0.25) is 4.79 Å². The summed E-state index contributed by atoms with van der Waals surface area (Å²) >= 11 is 1.42. The van der Waals surface area contributed by atoms with E-state index in [1.54, 1.807) is 6.20 Å². The lowest BCUT2D eigenvalue weighted by atomic mass is 10.3. The number of carbonyl (C=O) groups excluding carboxylic acids is 1. The average Bonchev–Trinajstić information content (AvgIpc) is 2.98. The second-order valence-electron chi connectivity index (χ2n) is 3.85. The molecule has 1 atom stereocenters. The van der Waals surface area contributed by atoms with Crippen LogP contribution in [-0.4, -0.2) is 35.4 Å². The van der Waals surface area contributed by atoms with Crippen molar-refractivity contribution in [3.8, 4) is 0 Å². The van der Waals surface area contributed by atoms with E-state index < -0.39 is 0 Å². The summed E-state index contributed by atoms with van der Waals surface area (Å²) in [7, 11) is 0. The van der Waals surface area contributed by atoms with E-state index in [1.165, 1.54) is 18.0 Å². The number of hydrogen-bond acceptors (Lipinski definition) is 6. The van der Waals surface area contributed by atoms with E-state index >= 15 is 0 Å². The molecule has 1 heterocycles. The van der Waals surface area contributed by atoms with Crippen LogP contribution < -0.4 is 5.32 Å². The molecule has 94 valence electrons. The van der Waals surface area contributed by atoms with Gasteiger partial charge in [0.05, 0.1) is 12.8 Å². The summed E-state index contributed by atoms with van der Waals surface area (Å²) in [5.41, 5.74) is 0. The minimum absolute atomic E-state index is 0.196. The lowest BCUT2D eigenvalue weighted by molar-refractivity contribution is -0.145. The van der Waals surface area contributed by atoms with Crippen LogP contribution in [0.15, 0.2) is 22.1 Å². The lowest BCUT2D eigenvalue weighted by Gasteiger charge is -2.15. The normalized spacial score (nSPS) is 16.8. The number of oxazole rings is 1. The minimum Gasteiger partial charge on any atom is -0.465 e. The third kappa shape index (κ3) is 4.05. The molecule has 1 saturated carbocycles. The van der Waals surface area contributed by atoms with E-state index in [0.29, 0.717) is 23.6 Å². The number of aromatic nitrogens is 1. The van der Waals surface area contributed by atoms with Gasteiger partial charge in [-0.15, -0.1) is 0 Å². The Balaban J connectivity index is 1.83. The predicted octanol–water partition coefficient (Wildman–Crippen LogP) is 1.45. The fourth-order valence-corrected chi connectivity index (χ4v) is 2.20. The van der Waals surface area contributed by atoms with Crippen molar-refractivity contribution in [2.45, 2.75) is 37.1 Å². The molecule has 1 aromatic rings. The molecule has 17 heavy (non-hydrogen) atoms. The maximum atomic E-state index is 11.7. The van der Waals surface area contributed by atoms with E-state index in [2.05, 4.69) is 10.3 Å². The van der Waals surface area contributed by atoms with Gasteiger partial charge < -0.3 is 14.5 Å². The van der Waals surface area contributed by atoms with E-state index in [9.17, 15) is 4.79 Å². The Bertz CT molecular complexity index is 352. The highest BCUT2D eigenvalue weighted by molar-refractivity contribution is 7.99. The van der Waals surface area contributed by atoms with Crippen molar-refractivity contribution in [2.75, 3.05) is 12.4 Å². The maximum absolute atomic E-state index is 11.7. The lowest BCUT2D eigenvalue weighted by Crippen LogP contribution is -2.41. The van der Waals surface area contributed by atoms with Gasteiger partial charge >= 0.3 is 5.97 Å². The Morgan fingerprint density at radius 2 is 2.59 bits per heavy atom. The van der Waals surface area contributed by atoms with Crippen LogP contribution in [0.25, 0.3) is 0 Å². The quantitative estimate of drug-likeness (QED) is 0.588. The van der Waals surface area contributed by atoms with Crippen molar-refractivity contribution < 1.29 is 13.9 Å². The van der Waals surface area contributed by atoms with Crippen molar-refractivity contribution in [2.24, 2.45) is 0 Å². The zero-order valence-electron chi connectivity index (χ0n) is 9.72. The number of esters is 1. The molecule has 2 rings (SSSR count). The summed E-state index contributed by atoms with van der Waals surface area (Å²) in [4.78, 5) is 15.7. The first kappa shape index (κ1) is 12.4. The summed E-state index contributed by atoms with van der Waals surface area (Å²) in [6.07, 6.45) is 5.39. The largest absolute Gasteiger partial charge is 0.465 e. The van der Waals surface area contributed by atoms with Crippen LogP contribution in [0.5, 0.6) is 0 Å². The number of carbonyl (C=O) groups is 1. The van der Waals surface area contributed by atoms with E-state index in [4.69, 9.17) is 9.15 Å². The third-order valence-electron chi connectivity index (χ3n) is 2.37. The number of nitrogens with zero attached hydrogens (tertiary/aromatic N) is 1. The fraction of sp³-hybridized carbons (Fsp3) is 0.636. The molecule has 1 aliphatic rings. The Labute approximate surface area is 104 Å². The number of nitrogens with one attached hydrogen (secondary N) is 1. The highest BCUT2D eigenvalue weighted by Gasteiger charge is 2.29. The van der Waals surface area contributed by atoms with Crippen LogP contribution in [0, 0.1) is 0 Å². The fourth-order valence-electron chi connectivity index (χ4n) is 1.40. The standard InChI is InChI=1S/C11H16N2O3S/c1-2-15-10(14)9(13-8-3-4-8)7-17-11-12-5-6-16-11/h5-6,8-9,13H,2-4,7H2,1H3. The summed E-state index contributed by atoms with van der Waals surface area (Å²) in [6.45, 7) is 2.22. The smallest absolute Gasteiger partial charge is 0.324 e. The number of hydrogen-bond donors (Lipinski definition) is 1. The number of rotatable bonds is 7. The average molecular weight is 256 g/mol. The van der Waals surface area contributed by atoms with Crippen molar-refractivity contribution in [1.29, 1.82) is 0 Å². The van der Waals surface area contributed by atoms with E-state index in [0.717, 1.165) is 12.8 Å². The summed E-state index contributed by atoms with van der Waals surface area (Å²) in [6, 6.07) is 0.189. The summed E-state index contributed by atoms with van der Waals surface area (Å²) in [5.74, 6) is 0.383. The van der Waals surface area contributed by atoms with Crippen LogP contribution in [0.3, 0.4) is 0 Å². The molecule has 1 unspecified atom stereocenters. The van der Waals surface area contributed by atoms with Gasteiger partial charge in [0, 0.05) is 11.8 Å². The highest BCUT2D eigenvalue weighted by Crippen LogP contribution is 2.22. The molecule has 0 spiro atoms. The van der Waals surface area contributed by atoms with Crippen molar-refractivity contribution in [1.82, 2.24) is 10.3 Å². The monoisotopic (exact) mass is 256 g/mol. The second kappa shape index (κ2) is 6.07. The first-order valence-electron chi connectivity index (χ1n) is 5.74. The molecule has 0 saturated heterocycles. The molecule has 0 radical (unpaired) electrons. The molecule has 6 heteroatoms. The zero-order chi connectivity index (χ0) is 12.1. The van der Waals surface area contributed by atoms with Gasteiger partial charge in [-0.2, -0.15) is 0 Å². The topological polar surface area (TPSA) is 64.4 Å². The molecule has 1 aromatic heterocycles. The SMILES string of the molecule is CCOC(=O)C(CSc1ncco1)NC1CC1. The molecule has 0 aliphatic heterocycles. The molecule has 1 aliphatic carbocycles. The Kier molecular flexibility index (Phi) is 4.44. The van der Waals surface area contributed by atoms with Gasteiger partial charge in [0.25, 0.3) is 5.22 Å². The Morgan fingerprint density at radius 3 is 3.18 bits per heavy atom. The number of ether oxygens (including phenoxy) is 1. The molecule has 5 nitrogen and oxygen atoms in total. The van der Waals surface area contributed by atoms with Crippen LogP contribution in [0.2, 0.25) is 0 Å². The van der Waals surface area contributed by atoms with Gasteiger partial charge in [-0.25, -0.2) is 4.98 Å². The van der Waals surface area contributed by atoms with E-state index in [-0.39, 0.29) is 12.0 Å². The molecule has 1 N–H and O–H groups in total. The Hall–Kier alpha value is -1.01. The molecule has 1 fully saturated rings. The third-order valence-corrected chi connectivity index (χ3v) is 3.32. The highest BCUT2D eigenvalue weighted by atomic mass is 32.2. The van der Waals surface area contributed by atoms with Crippen molar-refractivity contribution in [3.63, 3.8) is 0 Å². The zero-order valence-corrected chi connectivity index (χ0v) is 10.5. The Morgan fingerprint density at radius 1 is 1.76 bits per heavy atom. The van der Waals surface area contributed by atoms with Gasteiger partial charge in [-0.05, 0) is 19.8 Å². The van der Waals surface area contributed by atoms with Gasteiger partial charge in [0.15, 0.2) is 0 Å². The molecular formula is C11H16N2O3S. The van der Waals surface area contributed by atoms with Crippen LogP contribution in [0.1, 0.15) is 19.8 Å². The van der Waals surface area contributed by atoms with E-state index in [1.807, 2.05) is 6.92 Å². The summed E-state index contributed by atoms with van der Waals surface area (Å²) in [5, 5.41) is 3.85. The summed E-state index contributed by atoms with van der Waals surface area (Å²) < 4.78 is 10.2. The number of thioether (sulfide) groups is 1. The minimum atomic E-state index is -0.278. The predicted molar refractivity (Wildman–Crippen MR) is 63.8 cm³/mol.